The smallest absolute Gasteiger partial charge is 0.262 e. The largest absolute Gasteiger partial charge is 0.497 e. The van der Waals surface area contributed by atoms with Crippen LogP contribution in [0.2, 0.25) is 0 Å². The molecule has 0 unspecified atom stereocenters. The van der Waals surface area contributed by atoms with Crippen LogP contribution in [0.1, 0.15) is 24.2 Å². The molecule has 28 heavy (non-hydrogen) atoms. The van der Waals surface area contributed by atoms with Crippen molar-refractivity contribution in [1.29, 1.82) is 0 Å². The maximum Gasteiger partial charge on any atom is 0.262 e. The average molecular weight is 381 g/mol. The maximum absolute atomic E-state index is 12.3. The first kappa shape index (κ1) is 18.2. The van der Waals surface area contributed by atoms with Gasteiger partial charge in [0.1, 0.15) is 28.6 Å². The molecule has 146 valence electrons. The van der Waals surface area contributed by atoms with Gasteiger partial charge in [-0.1, -0.05) is 0 Å². The van der Waals surface area contributed by atoms with Gasteiger partial charge in [-0.2, -0.15) is 0 Å². The van der Waals surface area contributed by atoms with Crippen LogP contribution in [0.3, 0.4) is 0 Å². The third kappa shape index (κ3) is 3.76. The Kier molecular flexibility index (Phi) is 5.10. The number of amides is 1. The quantitative estimate of drug-likeness (QED) is 0.688. The number of carbonyl (C=O) groups is 1. The lowest BCUT2D eigenvalue weighted by Gasteiger charge is -2.11. The minimum absolute atomic E-state index is 0.0922. The molecule has 2 aromatic carbocycles. The number of benzene rings is 2. The van der Waals surface area contributed by atoms with Crippen molar-refractivity contribution >= 4 is 22.6 Å². The summed E-state index contributed by atoms with van der Waals surface area (Å²) in [6.07, 6.45) is 4.38. The van der Waals surface area contributed by atoms with Crippen molar-refractivity contribution in [2.75, 3.05) is 26.1 Å². The van der Waals surface area contributed by atoms with Gasteiger partial charge >= 0.3 is 0 Å². The summed E-state index contributed by atoms with van der Waals surface area (Å²) in [5.74, 6) is 2.68. The molecule has 0 saturated carbocycles. The molecule has 1 aliphatic carbocycles. The van der Waals surface area contributed by atoms with E-state index in [-0.39, 0.29) is 12.5 Å². The monoisotopic (exact) mass is 381 g/mol. The van der Waals surface area contributed by atoms with Gasteiger partial charge in [0.25, 0.3) is 5.91 Å². The predicted octanol–water partition coefficient (Wildman–Crippen LogP) is 4.35. The van der Waals surface area contributed by atoms with Crippen molar-refractivity contribution in [3.8, 4) is 17.2 Å². The van der Waals surface area contributed by atoms with E-state index < -0.39 is 0 Å². The SMILES string of the molecule is COc1cc(NC(=O)COc2ccc3oc4c(c3c2)CCCC4)cc(OC)c1. The standard InChI is InChI=1S/C22H23NO5/c1-25-16-9-14(10-17(11-16)26-2)23-22(24)13-27-15-7-8-21-19(12-15)18-5-3-4-6-20(18)28-21/h7-12H,3-6,13H2,1-2H3,(H,23,24). The van der Waals surface area contributed by atoms with Gasteiger partial charge in [0, 0.05) is 41.3 Å². The van der Waals surface area contributed by atoms with E-state index in [4.69, 9.17) is 18.6 Å². The summed E-state index contributed by atoms with van der Waals surface area (Å²) in [5.41, 5.74) is 2.75. The molecule has 1 aromatic heterocycles. The van der Waals surface area contributed by atoms with Crippen LogP contribution in [0.5, 0.6) is 17.2 Å². The van der Waals surface area contributed by atoms with E-state index in [0.717, 1.165) is 29.6 Å². The van der Waals surface area contributed by atoms with Gasteiger partial charge in [0.05, 0.1) is 14.2 Å². The van der Waals surface area contributed by atoms with Gasteiger partial charge in [-0.3, -0.25) is 4.79 Å². The third-order valence-electron chi connectivity index (χ3n) is 4.93. The molecule has 0 radical (unpaired) electrons. The fourth-order valence-electron chi connectivity index (χ4n) is 3.56. The Bertz CT molecular complexity index is 985. The number of methoxy groups -OCH3 is 2. The number of fused-ring (bicyclic) bond motifs is 3. The summed E-state index contributed by atoms with van der Waals surface area (Å²) < 4.78 is 22.1. The van der Waals surface area contributed by atoms with E-state index in [0.29, 0.717) is 22.9 Å². The Morgan fingerprint density at radius 2 is 1.75 bits per heavy atom. The Morgan fingerprint density at radius 3 is 2.50 bits per heavy atom. The molecule has 3 aromatic rings. The second-order valence-corrected chi connectivity index (χ2v) is 6.81. The molecule has 0 spiro atoms. The number of rotatable bonds is 6. The second-order valence-electron chi connectivity index (χ2n) is 6.81. The van der Waals surface area contributed by atoms with Crippen LogP contribution in [0.4, 0.5) is 5.69 Å². The van der Waals surface area contributed by atoms with Gasteiger partial charge in [-0.05, 0) is 37.5 Å². The van der Waals surface area contributed by atoms with Crippen molar-refractivity contribution in [3.63, 3.8) is 0 Å². The Labute approximate surface area is 163 Å². The molecule has 1 heterocycles. The number of nitrogens with one attached hydrogen (secondary N) is 1. The van der Waals surface area contributed by atoms with Crippen LogP contribution in [0, 0.1) is 0 Å². The zero-order chi connectivity index (χ0) is 19.5. The van der Waals surface area contributed by atoms with Crippen LogP contribution in [0.15, 0.2) is 40.8 Å². The lowest BCUT2D eigenvalue weighted by molar-refractivity contribution is -0.118. The first-order chi connectivity index (χ1) is 13.7. The zero-order valence-corrected chi connectivity index (χ0v) is 16.0. The summed E-state index contributed by atoms with van der Waals surface area (Å²) in [6, 6.07) is 10.9. The fourth-order valence-corrected chi connectivity index (χ4v) is 3.56. The first-order valence-electron chi connectivity index (χ1n) is 9.36. The third-order valence-corrected chi connectivity index (χ3v) is 4.93. The van der Waals surface area contributed by atoms with Gasteiger partial charge in [0.2, 0.25) is 0 Å². The van der Waals surface area contributed by atoms with Gasteiger partial charge < -0.3 is 23.9 Å². The van der Waals surface area contributed by atoms with Crippen molar-refractivity contribution in [2.45, 2.75) is 25.7 Å². The number of furan rings is 1. The highest BCUT2D eigenvalue weighted by Gasteiger charge is 2.18. The van der Waals surface area contributed by atoms with Crippen LogP contribution in [0.25, 0.3) is 11.0 Å². The minimum atomic E-state index is -0.260. The van der Waals surface area contributed by atoms with E-state index in [1.165, 1.54) is 18.4 Å². The molecule has 0 atom stereocenters. The van der Waals surface area contributed by atoms with Crippen LogP contribution in [-0.2, 0) is 17.6 Å². The topological polar surface area (TPSA) is 69.9 Å². The highest BCUT2D eigenvalue weighted by molar-refractivity contribution is 5.92. The highest BCUT2D eigenvalue weighted by Crippen LogP contribution is 2.34. The summed E-state index contributed by atoms with van der Waals surface area (Å²) >= 11 is 0. The molecule has 1 amide bonds. The summed E-state index contributed by atoms with van der Waals surface area (Å²) in [6.45, 7) is -0.0922. The number of ether oxygens (including phenoxy) is 3. The number of carbonyl (C=O) groups excluding carboxylic acids is 1. The molecule has 0 fully saturated rings. The minimum Gasteiger partial charge on any atom is -0.497 e. The van der Waals surface area contributed by atoms with E-state index in [2.05, 4.69) is 5.32 Å². The number of hydrogen-bond donors (Lipinski definition) is 1. The van der Waals surface area contributed by atoms with Crippen molar-refractivity contribution < 1.29 is 23.4 Å². The molecule has 1 N–H and O–H groups in total. The average Bonchev–Trinajstić information content (AvgIpc) is 3.10. The van der Waals surface area contributed by atoms with Crippen molar-refractivity contribution in [3.05, 3.63) is 47.7 Å². The van der Waals surface area contributed by atoms with Gasteiger partial charge in [-0.15, -0.1) is 0 Å². The molecule has 0 bridgehead atoms. The summed E-state index contributed by atoms with van der Waals surface area (Å²) in [7, 11) is 3.13. The van der Waals surface area contributed by atoms with E-state index in [1.54, 1.807) is 32.4 Å². The Balaban J connectivity index is 1.43. The Hall–Kier alpha value is -3.15. The lowest BCUT2D eigenvalue weighted by atomic mass is 9.96. The Morgan fingerprint density at radius 1 is 1.00 bits per heavy atom. The molecule has 4 rings (SSSR count). The number of aryl methyl sites for hydroxylation is 2. The predicted molar refractivity (Wildman–Crippen MR) is 107 cm³/mol. The van der Waals surface area contributed by atoms with Crippen LogP contribution >= 0.6 is 0 Å². The van der Waals surface area contributed by atoms with Crippen LogP contribution < -0.4 is 19.5 Å². The molecule has 6 nitrogen and oxygen atoms in total. The highest BCUT2D eigenvalue weighted by atomic mass is 16.5. The maximum atomic E-state index is 12.3. The molecule has 0 saturated heterocycles. The zero-order valence-electron chi connectivity index (χ0n) is 16.0. The molecule has 1 aliphatic rings. The molecular formula is C22H23NO5. The molecule has 6 heteroatoms. The lowest BCUT2D eigenvalue weighted by Crippen LogP contribution is -2.20. The number of hydrogen-bond acceptors (Lipinski definition) is 5. The van der Waals surface area contributed by atoms with Crippen molar-refractivity contribution in [2.24, 2.45) is 0 Å². The van der Waals surface area contributed by atoms with E-state index >= 15 is 0 Å². The van der Waals surface area contributed by atoms with Crippen molar-refractivity contribution in [1.82, 2.24) is 0 Å². The van der Waals surface area contributed by atoms with Crippen LogP contribution in [-0.4, -0.2) is 26.7 Å². The normalized spacial score (nSPS) is 13.1. The number of anilines is 1. The summed E-state index contributed by atoms with van der Waals surface area (Å²) in [5, 5.41) is 3.89. The summed E-state index contributed by atoms with van der Waals surface area (Å²) in [4.78, 5) is 12.3. The van der Waals surface area contributed by atoms with E-state index in [1.807, 2.05) is 18.2 Å². The second kappa shape index (κ2) is 7.84. The van der Waals surface area contributed by atoms with E-state index in [9.17, 15) is 4.79 Å². The van der Waals surface area contributed by atoms with Gasteiger partial charge in [0.15, 0.2) is 6.61 Å². The molecular weight excluding hydrogens is 358 g/mol. The van der Waals surface area contributed by atoms with Gasteiger partial charge in [-0.25, -0.2) is 0 Å². The fraction of sp³-hybridized carbons (Fsp3) is 0.318. The first-order valence-corrected chi connectivity index (χ1v) is 9.36. The molecule has 0 aliphatic heterocycles.